The second-order valence-electron chi connectivity index (χ2n) is 10.7. The van der Waals surface area contributed by atoms with E-state index in [4.69, 9.17) is 4.74 Å². The van der Waals surface area contributed by atoms with Crippen LogP contribution in [0, 0.1) is 17.8 Å². The molecule has 1 aliphatic carbocycles. The number of benzene rings is 1. The van der Waals surface area contributed by atoms with Gasteiger partial charge in [0.2, 0.25) is 0 Å². The molecule has 0 radical (unpaired) electrons. The Morgan fingerprint density at radius 2 is 1.71 bits per heavy atom. The van der Waals surface area contributed by atoms with Gasteiger partial charge in [-0.15, -0.1) is 0 Å². The molecule has 2 saturated heterocycles. The lowest BCUT2D eigenvalue weighted by Gasteiger charge is -2.27. The first-order chi connectivity index (χ1) is 16.3. The van der Waals surface area contributed by atoms with Gasteiger partial charge < -0.3 is 19.9 Å². The Hall–Kier alpha value is -2.93. The molecule has 7 nitrogen and oxygen atoms in total. The number of piperidine rings is 1. The van der Waals surface area contributed by atoms with E-state index >= 15 is 0 Å². The molecular formula is C27H34N4O3. The van der Waals surface area contributed by atoms with E-state index in [-0.39, 0.29) is 17.2 Å². The first-order valence-electron chi connectivity index (χ1n) is 12.3. The Kier molecular flexibility index (Phi) is 6.06. The van der Waals surface area contributed by atoms with Gasteiger partial charge in [0.1, 0.15) is 11.5 Å². The van der Waals surface area contributed by atoms with Gasteiger partial charge in [0.15, 0.2) is 0 Å². The Labute approximate surface area is 201 Å². The van der Waals surface area contributed by atoms with Crippen LogP contribution in [0.2, 0.25) is 0 Å². The van der Waals surface area contributed by atoms with Crippen molar-refractivity contribution in [2.45, 2.75) is 26.2 Å². The molecule has 5 rings (SSSR count). The first kappa shape index (κ1) is 22.8. The van der Waals surface area contributed by atoms with Crippen molar-refractivity contribution >= 4 is 17.6 Å². The van der Waals surface area contributed by atoms with E-state index in [0.29, 0.717) is 43.2 Å². The van der Waals surface area contributed by atoms with Crippen molar-refractivity contribution in [2.24, 2.45) is 17.8 Å². The van der Waals surface area contributed by atoms with Crippen molar-refractivity contribution < 1.29 is 14.3 Å². The van der Waals surface area contributed by atoms with Crippen molar-refractivity contribution in [3.8, 4) is 0 Å². The third-order valence-corrected chi connectivity index (χ3v) is 7.46. The molecule has 3 fully saturated rings. The molecule has 2 atom stereocenters. The largest absolute Gasteiger partial charge is 0.378 e. The summed E-state index contributed by atoms with van der Waals surface area (Å²) < 4.78 is 5.40. The number of hydrogen-bond donors (Lipinski definition) is 1. The van der Waals surface area contributed by atoms with Gasteiger partial charge in [-0.1, -0.05) is 39.0 Å². The average Bonchev–Trinajstić information content (AvgIpc) is 3.30. The fourth-order valence-corrected chi connectivity index (χ4v) is 5.23. The number of carbonyl (C=O) groups excluding carboxylic acids is 2. The highest BCUT2D eigenvalue weighted by molar-refractivity contribution is 5.94. The lowest BCUT2D eigenvalue weighted by atomic mass is 9.86. The number of aromatic nitrogens is 1. The Balaban J connectivity index is 1.11. The van der Waals surface area contributed by atoms with Crippen LogP contribution in [-0.2, 0) is 10.2 Å². The average molecular weight is 463 g/mol. The fraction of sp³-hybridized carbons (Fsp3) is 0.519. The quantitative estimate of drug-likeness (QED) is 0.740. The minimum atomic E-state index is -0.132. The van der Waals surface area contributed by atoms with Crippen molar-refractivity contribution in [3.63, 3.8) is 0 Å². The van der Waals surface area contributed by atoms with Crippen LogP contribution in [0.3, 0.4) is 0 Å². The molecule has 1 N–H and O–H groups in total. The summed E-state index contributed by atoms with van der Waals surface area (Å²) in [5.74, 6) is 2.20. The second kappa shape index (κ2) is 9.02. The zero-order valence-electron chi connectivity index (χ0n) is 20.3. The van der Waals surface area contributed by atoms with Gasteiger partial charge >= 0.3 is 0 Å². The summed E-state index contributed by atoms with van der Waals surface area (Å²) in [4.78, 5) is 34.3. The summed E-state index contributed by atoms with van der Waals surface area (Å²) in [6.07, 6.45) is 0. The number of nitrogens with zero attached hydrogens (tertiary/aromatic N) is 3. The Morgan fingerprint density at radius 3 is 2.35 bits per heavy atom. The number of anilines is 1. The maximum absolute atomic E-state index is 12.9. The first-order valence-corrected chi connectivity index (χ1v) is 12.3. The molecule has 1 aromatic heterocycles. The van der Waals surface area contributed by atoms with Crippen LogP contribution in [0.5, 0.6) is 0 Å². The predicted octanol–water partition coefficient (Wildman–Crippen LogP) is 2.96. The van der Waals surface area contributed by atoms with Gasteiger partial charge in [0.05, 0.1) is 13.2 Å². The Bertz CT molecular complexity index is 1040. The third kappa shape index (κ3) is 4.67. The van der Waals surface area contributed by atoms with E-state index in [1.165, 1.54) is 5.56 Å². The fourth-order valence-electron chi connectivity index (χ4n) is 5.23. The van der Waals surface area contributed by atoms with Gasteiger partial charge in [-0.05, 0) is 53.0 Å². The monoisotopic (exact) mass is 462 g/mol. The molecular weight excluding hydrogens is 428 g/mol. The standard InChI is InChI=1S/C27H34N4O3/c1-27(2,3)19-9-7-18(8-10-19)26(33)31-16-21-20(22(21)17-31)15-28-25(32)23-5-4-6-24(29-23)30-11-13-34-14-12-30/h4-10,20-22H,11-17H2,1-3H3,(H,28,32). The highest BCUT2D eigenvalue weighted by Crippen LogP contribution is 2.51. The van der Waals surface area contributed by atoms with Crippen LogP contribution in [0.4, 0.5) is 5.82 Å². The lowest BCUT2D eigenvalue weighted by molar-refractivity contribution is 0.0764. The predicted molar refractivity (Wildman–Crippen MR) is 131 cm³/mol. The van der Waals surface area contributed by atoms with Crippen molar-refractivity contribution in [2.75, 3.05) is 50.8 Å². The van der Waals surface area contributed by atoms with Crippen molar-refractivity contribution in [1.82, 2.24) is 15.2 Å². The van der Waals surface area contributed by atoms with Gasteiger partial charge in [-0.25, -0.2) is 4.98 Å². The minimum Gasteiger partial charge on any atom is -0.378 e. The van der Waals surface area contributed by atoms with Gasteiger partial charge in [-0.3, -0.25) is 9.59 Å². The molecule has 180 valence electrons. The zero-order chi connectivity index (χ0) is 23.9. The molecule has 3 aliphatic rings. The zero-order valence-corrected chi connectivity index (χ0v) is 20.3. The third-order valence-electron chi connectivity index (χ3n) is 7.46. The van der Waals surface area contributed by atoms with Crippen LogP contribution in [0.1, 0.15) is 47.2 Å². The smallest absolute Gasteiger partial charge is 0.269 e. The van der Waals surface area contributed by atoms with E-state index in [1.54, 1.807) is 6.07 Å². The summed E-state index contributed by atoms with van der Waals surface area (Å²) in [6, 6.07) is 13.6. The van der Waals surface area contributed by atoms with E-state index in [2.05, 4.69) is 48.1 Å². The minimum absolute atomic E-state index is 0.0772. The molecule has 2 unspecified atom stereocenters. The van der Waals surface area contributed by atoms with E-state index in [0.717, 1.165) is 37.6 Å². The molecule has 7 heteroatoms. The maximum Gasteiger partial charge on any atom is 0.269 e. The SMILES string of the molecule is CC(C)(C)c1ccc(C(=O)N2CC3C(CNC(=O)c4cccc(N5CCOCC5)n4)C3C2)cc1. The van der Waals surface area contributed by atoms with Gasteiger partial charge in [-0.2, -0.15) is 0 Å². The number of likely N-dealkylation sites (tertiary alicyclic amines) is 1. The Morgan fingerprint density at radius 1 is 1.03 bits per heavy atom. The maximum atomic E-state index is 12.9. The number of rotatable bonds is 5. The van der Waals surface area contributed by atoms with Crippen LogP contribution >= 0.6 is 0 Å². The van der Waals surface area contributed by atoms with Crippen molar-refractivity contribution in [3.05, 3.63) is 59.3 Å². The van der Waals surface area contributed by atoms with E-state index in [1.807, 2.05) is 29.2 Å². The van der Waals surface area contributed by atoms with Crippen LogP contribution in [-0.4, -0.2) is 67.6 Å². The van der Waals surface area contributed by atoms with Crippen LogP contribution < -0.4 is 10.2 Å². The number of carbonyl (C=O) groups is 2. The number of nitrogens with one attached hydrogen (secondary N) is 1. The van der Waals surface area contributed by atoms with E-state index < -0.39 is 0 Å². The molecule has 2 aliphatic heterocycles. The highest BCUT2D eigenvalue weighted by atomic mass is 16.5. The molecule has 1 aromatic carbocycles. The van der Waals surface area contributed by atoms with Crippen LogP contribution in [0.25, 0.3) is 0 Å². The van der Waals surface area contributed by atoms with E-state index in [9.17, 15) is 9.59 Å². The summed E-state index contributed by atoms with van der Waals surface area (Å²) in [5.41, 5.74) is 2.51. The molecule has 0 bridgehead atoms. The number of amides is 2. The lowest BCUT2D eigenvalue weighted by Crippen LogP contribution is -2.37. The highest BCUT2D eigenvalue weighted by Gasteiger charge is 2.56. The van der Waals surface area contributed by atoms with Crippen molar-refractivity contribution in [1.29, 1.82) is 0 Å². The summed E-state index contributed by atoms with van der Waals surface area (Å²) in [6.45, 7) is 11.7. The molecule has 1 saturated carbocycles. The second-order valence-corrected chi connectivity index (χ2v) is 10.7. The molecule has 0 spiro atoms. The topological polar surface area (TPSA) is 74.8 Å². The molecule has 2 aromatic rings. The number of pyridine rings is 1. The summed E-state index contributed by atoms with van der Waals surface area (Å²) >= 11 is 0. The number of ether oxygens (including phenoxy) is 1. The summed E-state index contributed by atoms with van der Waals surface area (Å²) in [7, 11) is 0. The van der Waals surface area contributed by atoms with Gasteiger partial charge in [0.25, 0.3) is 11.8 Å². The van der Waals surface area contributed by atoms with Crippen LogP contribution in [0.15, 0.2) is 42.5 Å². The summed E-state index contributed by atoms with van der Waals surface area (Å²) in [5, 5.41) is 3.07. The molecule has 34 heavy (non-hydrogen) atoms. The number of morpholine rings is 1. The number of fused-ring (bicyclic) bond motifs is 1. The number of hydrogen-bond acceptors (Lipinski definition) is 5. The van der Waals surface area contributed by atoms with Gasteiger partial charge in [0, 0.05) is 38.3 Å². The molecule has 2 amide bonds. The molecule has 3 heterocycles. The normalized spacial score (nSPS) is 24.0.